The van der Waals surface area contributed by atoms with E-state index in [0.717, 1.165) is 25.7 Å². The Labute approximate surface area is 135 Å². The zero-order chi connectivity index (χ0) is 16.5. The molecule has 0 saturated heterocycles. The molecule has 0 amide bonds. The van der Waals surface area contributed by atoms with Gasteiger partial charge in [-0.25, -0.2) is 0 Å². The molecule has 0 aromatic carbocycles. The van der Waals surface area contributed by atoms with Crippen molar-refractivity contribution in [3.63, 3.8) is 0 Å². The van der Waals surface area contributed by atoms with E-state index in [1.54, 1.807) is 0 Å². The molecule has 1 saturated carbocycles. The van der Waals surface area contributed by atoms with E-state index >= 15 is 0 Å². The molecule has 1 fully saturated rings. The van der Waals surface area contributed by atoms with Crippen LogP contribution in [0.3, 0.4) is 0 Å². The van der Waals surface area contributed by atoms with Gasteiger partial charge in [-0.15, -0.1) is 0 Å². The van der Waals surface area contributed by atoms with Gasteiger partial charge in [0.15, 0.2) is 0 Å². The van der Waals surface area contributed by atoms with Gasteiger partial charge in [0.1, 0.15) is 0 Å². The minimum Gasteiger partial charge on any atom is -0.392 e. The molecule has 2 aliphatic carbocycles. The molecule has 0 heterocycles. The third-order valence-corrected chi connectivity index (χ3v) is 5.74. The van der Waals surface area contributed by atoms with Gasteiger partial charge in [0, 0.05) is 11.8 Å². The van der Waals surface area contributed by atoms with Crippen LogP contribution in [0.2, 0.25) is 0 Å². The first-order valence-corrected chi connectivity index (χ1v) is 8.62. The third-order valence-electron chi connectivity index (χ3n) is 5.74. The Hall–Kier alpha value is -0.860. The molecule has 2 heteroatoms. The lowest BCUT2D eigenvalue weighted by Gasteiger charge is -2.38. The second kappa shape index (κ2) is 6.72. The second-order valence-electron chi connectivity index (χ2n) is 7.79. The number of allylic oxidation sites excluding steroid dienone is 4. The van der Waals surface area contributed by atoms with Crippen molar-refractivity contribution in [2.45, 2.75) is 71.5 Å². The van der Waals surface area contributed by atoms with Crippen molar-refractivity contribution in [1.29, 1.82) is 0 Å². The van der Waals surface area contributed by atoms with Gasteiger partial charge < -0.3 is 10.2 Å². The molecule has 2 aliphatic rings. The molecule has 124 valence electrons. The van der Waals surface area contributed by atoms with Crippen molar-refractivity contribution < 1.29 is 10.2 Å². The Morgan fingerprint density at radius 3 is 2.77 bits per heavy atom. The highest BCUT2D eigenvalue weighted by molar-refractivity contribution is 5.25. The predicted molar refractivity (Wildman–Crippen MR) is 92.5 cm³/mol. The Morgan fingerprint density at radius 1 is 1.45 bits per heavy atom. The van der Waals surface area contributed by atoms with E-state index in [0.29, 0.717) is 12.3 Å². The van der Waals surface area contributed by atoms with E-state index in [2.05, 4.69) is 39.5 Å². The molecule has 0 aromatic heterocycles. The Morgan fingerprint density at radius 2 is 2.14 bits per heavy atom. The van der Waals surface area contributed by atoms with E-state index in [1.807, 2.05) is 6.92 Å². The van der Waals surface area contributed by atoms with Gasteiger partial charge in [-0.2, -0.15) is 0 Å². The topological polar surface area (TPSA) is 40.5 Å². The number of hydrogen-bond acceptors (Lipinski definition) is 2. The molecular weight excluding hydrogens is 272 g/mol. The van der Waals surface area contributed by atoms with Crippen LogP contribution in [0.15, 0.2) is 35.5 Å². The maximum absolute atomic E-state index is 11.0. The molecule has 0 unspecified atom stereocenters. The normalized spacial score (nSPS) is 34.5. The van der Waals surface area contributed by atoms with Crippen molar-refractivity contribution in [2.75, 3.05) is 0 Å². The van der Waals surface area contributed by atoms with E-state index < -0.39 is 11.7 Å². The fourth-order valence-electron chi connectivity index (χ4n) is 4.31. The highest BCUT2D eigenvalue weighted by atomic mass is 16.3. The molecule has 0 spiro atoms. The molecule has 22 heavy (non-hydrogen) atoms. The minimum absolute atomic E-state index is 0.0775. The standard InChI is InChI=1S/C20H32O2/c1-13(2)7-6-12-20(5,22)17-11-9-14(3)16-10-8-15(4)18(16)19(17)21/h7-8,16-19,21-22H,3,6,9-12H2,1-2,4-5H3/t16-,17-,18+,19+,20+/m0/s1. The highest BCUT2D eigenvalue weighted by Gasteiger charge is 2.46. The fourth-order valence-corrected chi connectivity index (χ4v) is 4.31. The lowest BCUT2D eigenvalue weighted by Crippen LogP contribution is -2.45. The molecule has 0 bridgehead atoms. The number of hydrogen-bond donors (Lipinski definition) is 2. The van der Waals surface area contributed by atoms with Crippen molar-refractivity contribution in [3.05, 3.63) is 35.5 Å². The van der Waals surface area contributed by atoms with Crippen LogP contribution < -0.4 is 0 Å². The summed E-state index contributed by atoms with van der Waals surface area (Å²) in [5.74, 6) is 0.440. The summed E-state index contributed by atoms with van der Waals surface area (Å²) in [5.41, 5.74) is 2.97. The van der Waals surface area contributed by atoms with Crippen LogP contribution in [0.1, 0.15) is 59.8 Å². The maximum atomic E-state index is 11.0. The number of aliphatic hydroxyl groups is 2. The van der Waals surface area contributed by atoms with Crippen LogP contribution >= 0.6 is 0 Å². The highest BCUT2D eigenvalue weighted by Crippen LogP contribution is 2.48. The SMILES string of the molecule is C=C1CC[C@H]([C@](C)(O)CCC=C(C)C)[C@@H](O)[C@@H]2C(C)=CC[C@@H]12. The van der Waals surface area contributed by atoms with Gasteiger partial charge in [0.25, 0.3) is 0 Å². The van der Waals surface area contributed by atoms with E-state index in [-0.39, 0.29) is 11.8 Å². The van der Waals surface area contributed by atoms with E-state index in [9.17, 15) is 10.2 Å². The third kappa shape index (κ3) is 3.55. The number of fused-ring (bicyclic) bond motifs is 1. The van der Waals surface area contributed by atoms with Crippen LogP contribution in [-0.2, 0) is 0 Å². The molecule has 5 atom stereocenters. The van der Waals surface area contributed by atoms with Gasteiger partial charge in [-0.1, -0.05) is 35.5 Å². The molecule has 2 rings (SSSR count). The van der Waals surface area contributed by atoms with Crippen molar-refractivity contribution in [2.24, 2.45) is 17.8 Å². The van der Waals surface area contributed by atoms with Gasteiger partial charge in [-0.3, -0.25) is 0 Å². The van der Waals surface area contributed by atoms with Gasteiger partial charge in [0.2, 0.25) is 0 Å². The summed E-state index contributed by atoms with van der Waals surface area (Å²) in [6.07, 6.45) is 8.26. The molecule has 0 aliphatic heterocycles. The first kappa shape index (κ1) is 17.5. The summed E-state index contributed by atoms with van der Waals surface area (Å²) in [4.78, 5) is 0. The Bertz CT molecular complexity index is 480. The zero-order valence-electron chi connectivity index (χ0n) is 14.6. The largest absolute Gasteiger partial charge is 0.392 e. The zero-order valence-corrected chi connectivity index (χ0v) is 14.6. The lowest BCUT2D eigenvalue weighted by molar-refractivity contribution is -0.0793. The van der Waals surface area contributed by atoms with Crippen molar-refractivity contribution >= 4 is 0 Å². The van der Waals surface area contributed by atoms with Gasteiger partial charge in [0.05, 0.1) is 11.7 Å². The van der Waals surface area contributed by atoms with Crippen LogP contribution in [0.5, 0.6) is 0 Å². The molecular formula is C20H32O2. The smallest absolute Gasteiger partial charge is 0.0675 e. The summed E-state index contributed by atoms with van der Waals surface area (Å²) in [5, 5.41) is 22.0. The van der Waals surface area contributed by atoms with Crippen molar-refractivity contribution in [3.8, 4) is 0 Å². The summed E-state index contributed by atoms with van der Waals surface area (Å²) in [6, 6.07) is 0. The predicted octanol–water partition coefficient (Wildman–Crippen LogP) is 4.39. The maximum Gasteiger partial charge on any atom is 0.0675 e. The summed E-state index contributed by atoms with van der Waals surface area (Å²) >= 11 is 0. The molecule has 0 aromatic rings. The van der Waals surface area contributed by atoms with Gasteiger partial charge in [-0.05, 0) is 65.7 Å². The molecule has 0 radical (unpaired) electrons. The van der Waals surface area contributed by atoms with E-state index in [1.165, 1.54) is 16.7 Å². The summed E-state index contributed by atoms with van der Waals surface area (Å²) in [7, 11) is 0. The Balaban J connectivity index is 2.17. The van der Waals surface area contributed by atoms with Crippen LogP contribution in [-0.4, -0.2) is 21.9 Å². The van der Waals surface area contributed by atoms with Crippen LogP contribution in [0.4, 0.5) is 0 Å². The van der Waals surface area contributed by atoms with Crippen molar-refractivity contribution in [1.82, 2.24) is 0 Å². The summed E-state index contributed by atoms with van der Waals surface area (Å²) < 4.78 is 0. The minimum atomic E-state index is -0.830. The quantitative estimate of drug-likeness (QED) is 0.756. The monoisotopic (exact) mass is 304 g/mol. The average molecular weight is 304 g/mol. The molecule has 2 nitrogen and oxygen atoms in total. The fraction of sp³-hybridized carbons (Fsp3) is 0.700. The second-order valence-corrected chi connectivity index (χ2v) is 7.79. The average Bonchev–Trinajstić information content (AvgIpc) is 2.73. The van der Waals surface area contributed by atoms with Crippen LogP contribution in [0.25, 0.3) is 0 Å². The van der Waals surface area contributed by atoms with Crippen LogP contribution in [0, 0.1) is 17.8 Å². The summed E-state index contributed by atoms with van der Waals surface area (Å²) in [6.45, 7) is 12.4. The van der Waals surface area contributed by atoms with E-state index in [4.69, 9.17) is 0 Å². The Kier molecular flexibility index (Phi) is 5.34. The first-order valence-electron chi connectivity index (χ1n) is 8.62. The lowest BCUT2D eigenvalue weighted by atomic mass is 9.74. The number of rotatable bonds is 4. The first-order chi connectivity index (χ1) is 10.2. The van der Waals surface area contributed by atoms with Gasteiger partial charge >= 0.3 is 0 Å². The molecule has 2 N–H and O–H groups in total. The number of aliphatic hydroxyl groups excluding tert-OH is 1.